The molecular formula is C6HF6N4P. The molecule has 0 bridgehead atoms. The van der Waals surface area contributed by atoms with Crippen LogP contribution in [0.4, 0.5) is 26.3 Å². The minimum absolute atomic E-state index is 0.995. The minimum atomic E-state index is -6.47. The Balaban J connectivity index is 3.56. The van der Waals surface area contributed by atoms with Crippen LogP contribution in [0.5, 0.6) is 0 Å². The Hall–Kier alpha value is -1.67. The van der Waals surface area contributed by atoms with Gasteiger partial charge < -0.3 is 0 Å². The first-order chi connectivity index (χ1) is 7.59. The fraction of sp³-hybridized carbons (Fsp3) is 0.333. The Morgan fingerprint density at radius 1 is 0.824 bits per heavy atom. The Morgan fingerprint density at radius 2 is 1.12 bits per heavy atom. The zero-order chi connectivity index (χ0) is 13.5. The summed E-state index contributed by atoms with van der Waals surface area (Å²) in [5.74, 6) is -11.5. The molecule has 0 saturated carbocycles. The molecule has 0 N–H and O–H groups in total. The summed E-state index contributed by atoms with van der Waals surface area (Å²) in [7, 11) is -6.47. The molecule has 0 fully saturated rings. The van der Waals surface area contributed by atoms with Crippen LogP contribution in [0.1, 0.15) is 0 Å². The SMILES string of the molecule is N#CC1=N[PH](C(F)(F)F)(C(F)(F)F)N=C1C#N. The zero-order valence-corrected chi connectivity index (χ0v) is 8.56. The molecule has 0 unspecified atom stereocenters. The summed E-state index contributed by atoms with van der Waals surface area (Å²) in [6, 6.07) is 1.99. The van der Waals surface area contributed by atoms with Gasteiger partial charge in [-0.25, -0.2) is 0 Å². The summed E-state index contributed by atoms with van der Waals surface area (Å²) in [6.45, 7) is 0. The van der Waals surface area contributed by atoms with E-state index < -0.39 is 30.8 Å². The number of hydrogen-bond acceptors (Lipinski definition) is 4. The Morgan fingerprint density at radius 3 is 1.29 bits per heavy atom. The molecule has 1 rings (SSSR count). The molecule has 1 aliphatic heterocycles. The van der Waals surface area contributed by atoms with Crippen LogP contribution in [-0.2, 0) is 0 Å². The van der Waals surface area contributed by atoms with Gasteiger partial charge >= 0.3 is 89.4 Å². The Bertz CT molecular complexity index is 441. The van der Waals surface area contributed by atoms with E-state index in [2.05, 4.69) is 9.53 Å². The van der Waals surface area contributed by atoms with Gasteiger partial charge in [0.15, 0.2) is 0 Å². The molecule has 4 nitrogen and oxygen atoms in total. The van der Waals surface area contributed by atoms with E-state index in [9.17, 15) is 26.3 Å². The predicted molar refractivity (Wildman–Crippen MR) is 46.5 cm³/mol. The molecule has 1 aliphatic rings. The average Bonchev–Trinajstić information content (AvgIpc) is 2.55. The van der Waals surface area contributed by atoms with E-state index in [0.29, 0.717) is 0 Å². The number of rotatable bonds is 0. The fourth-order valence-electron chi connectivity index (χ4n) is 1.02. The second-order valence-corrected chi connectivity index (χ2v) is 5.74. The predicted octanol–water partition coefficient (Wildman–Crippen LogP) is 2.55. The van der Waals surface area contributed by atoms with Crippen molar-refractivity contribution in [2.45, 2.75) is 11.8 Å². The number of halogens is 6. The van der Waals surface area contributed by atoms with Crippen molar-refractivity contribution in [3.05, 3.63) is 0 Å². The van der Waals surface area contributed by atoms with Crippen LogP contribution >= 0.6 is 7.56 Å². The van der Waals surface area contributed by atoms with Crippen LogP contribution in [0.2, 0.25) is 0 Å². The van der Waals surface area contributed by atoms with Crippen molar-refractivity contribution in [1.82, 2.24) is 0 Å². The fourth-order valence-corrected chi connectivity index (χ4v) is 2.86. The van der Waals surface area contributed by atoms with Crippen molar-refractivity contribution in [2.24, 2.45) is 9.53 Å². The molecule has 92 valence electrons. The summed E-state index contributed by atoms with van der Waals surface area (Å²) < 4.78 is 79.3. The van der Waals surface area contributed by atoms with Crippen LogP contribution in [0.3, 0.4) is 0 Å². The first-order valence-corrected chi connectivity index (χ1v) is 5.62. The van der Waals surface area contributed by atoms with Gasteiger partial charge in [0.1, 0.15) is 0 Å². The van der Waals surface area contributed by atoms with Crippen LogP contribution in [0.15, 0.2) is 9.53 Å². The molecule has 11 heteroatoms. The number of nitrogens with zero attached hydrogens (tertiary/aromatic N) is 4. The van der Waals surface area contributed by atoms with Gasteiger partial charge in [-0.2, -0.15) is 0 Å². The van der Waals surface area contributed by atoms with Gasteiger partial charge in [-0.3, -0.25) is 0 Å². The topological polar surface area (TPSA) is 72.3 Å². The van der Waals surface area contributed by atoms with E-state index in [1.165, 1.54) is 0 Å². The van der Waals surface area contributed by atoms with E-state index in [1.807, 2.05) is 0 Å². The van der Waals surface area contributed by atoms with E-state index in [-0.39, 0.29) is 0 Å². The van der Waals surface area contributed by atoms with Crippen LogP contribution in [0, 0.1) is 22.7 Å². The third-order valence-electron chi connectivity index (χ3n) is 1.77. The Kier molecular flexibility index (Phi) is 2.89. The summed E-state index contributed by atoms with van der Waals surface area (Å²) >= 11 is 0. The normalized spacial score (nSPS) is 20.9. The van der Waals surface area contributed by atoms with Crippen molar-refractivity contribution in [3.8, 4) is 12.1 Å². The summed E-state index contributed by atoms with van der Waals surface area (Å²) in [5.41, 5.74) is -2.46. The maximum absolute atomic E-state index is 12.4. The van der Waals surface area contributed by atoms with Gasteiger partial charge in [-0.15, -0.1) is 0 Å². The van der Waals surface area contributed by atoms with Gasteiger partial charge in [0.2, 0.25) is 0 Å². The van der Waals surface area contributed by atoms with Crippen molar-refractivity contribution < 1.29 is 26.3 Å². The number of hydrogen-bond donors (Lipinski definition) is 0. The number of alkyl halides is 6. The standard InChI is InChI=1S/C6HF6N4P/c7-5(8,9)17(6(10,11)12)15-3(1-13)4(2-14)16-17/h17H. The van der Waals surface area contributed by atoms with Crippen LogP contribution in [0.25, 0.3) is 0 Å². The first-order valence-electron chi connectivity index (χ1n) is 3.73. The molecule has 0 aromatic rings. The molecule has 0 saturated heterocycles. The van der Waals surface area contributed by atoms with Crippen molar-refractivity contribution >= 4 is 19.0 Å². The zero-order valence-electron chi connectivity index (χ0n) is 7.56. The van der Waals surface area contributed by atoms with E-state index in [0.717, 1.165) is 12.1 Å². The first kappa shape index (κ1) is 13.4. The molecular weight excluding hydrogens is 273 g/mol. The second-order valence-electron chi connectivity index (χ2n) is 2.81. The van der Waals surface area contributed by atoms with Gasteiger partial charge in [0, 0.05) is 0 Å². The summed E-state index contributed by atoms with van der Waals surface area (Å²) in [5, 5.41) is 16.6. The molecule has 0 spiro atoms. The monoisotopic (exact) mass is 274 g/mol. The molecule has 0 radical (unpaired) electrons. The third kappa shape index (κ3) is 1.85. The van der Waals surface area contributed by atoms with Gasteiger partial charge in [0.05, 0.1) is 0 Å². The molecule has 0 amide bonds. The van der Waals surface area contributed by atoms with Gasteiger partial charge in [-0.1, -0.05) is 0 Å². The Labute approximate surface area is 90.3 Å². The molecule has 1 heterocycles. The molecule has 0 aromatic heterocycles. The average molecular weight is 274 g/mol. The molecule has 0 aliphatic carbocycles. The van der Waals surface area contributed by atoms with Crippen LogP contribution in [-0.4, -0.2) is 23.3 Å². The van der Waals surface area contributed by atoms with E-state index in [1.54, 1.807) is 0 Å². The van der Waals surface area contributed by atoms with Gasteiger partial charge in [-0.05, 0) is 0 Å². The van der Waals surface area contributed by atoms with Crippen molar-refractivity contribution in [2.75, 3.05) is 0 Å². The van der Waals surface area contributed by atoms with E-state index >= 15 is 0 Å². The summed E-state index contributed by atoms with van der Waals surface area (Å²) in [4.78, 5) is 0. The van der Waals surface area contributed by atoms with E-state index in [4.69, 9.17) is 10.5 Å². The third-order valence-corrected chi connectivity index (χ3v) is 4.45. The maximum atomic E-state index is 12.4. The van der Waals surface area contributed by atoms with Crippen LogP contribution < -0.4 is 0 Å². The quantitative estimate of drug-likeness (QED) is 0.503. The molecule has 17 heavy (non-hydrogen) atoms. The van der Waals surface area contributed by atoms with Crippen molar-refractivity contribution in [1.29, 1.82) is 10.5 Å². The molecule has 0 aromatic carbocycles. The number of nitriles is 2. The van der Waals surface area contributed by atoms with Gasteiger partial charge in [0.25, 0.3) is 0 Å². The van der Waals surface area contributed by atoms with Crippen molar-refractivity contribution in [3.63, 3.8) is 0 Å². The molecule has 0 atom stereocenters. The second kappa shape index (κ2) is 3.67. The summed E-state index contributed by atoms with van der Waals surface area (Å²) in [6.07, 6.45) is 0.